The molecule has 0 bridgehead atoms. The van der Waals surface area contributed by atoms with Gasteiger partial charge in [0.25, 0.3) is 5.91 Å². The first-order chi connectivity index (χ1) is 13.9. The van der Waals surface area contributed by atoms with E-state index >= 15 is 0 Å². The lowest BCUT2D eigenvalue weighted by molar-refractivity contribution is 0.0907. The average Bonchev–Trinajstić information content (AvgIpc) is 3.23. The molecule has 0 unspecified atom stereocenters. The number of benzene rings is 1. The smallest absolute Gasteiger partial charge is 0.255 e. The molecule has 150 valence electrons. The molecular weight excluding hydrogens is 382 g/mol. The molecule has 2 N–H and O–H groups in total. The summed E-state index contributed by atoms with van der Waals surface area (Å²) in [6.07, 6.45) is 2.99. The van der Waals surface area contributed by atoms with E-state index in [1.54, 1.807) is 14.2 Å². The molecule has 0 aliphatic rings. The summed E-state index contributed by atoms with van der Waals surface area (Å²) in [5, 5.41) is 7.55. The van der Waals surface area contributed by atoms with Crippen molar-refractivity contribution in [1.29, 1.82) is 0 Å². The summed E-state index contributed by atoms with van der Waals surface area (Å²) in [4.78, 5) is 24.3. The van der Waals surface area contributed by atoms with Crippen molar-refractivity contribution in [3.8, 4) is 11.4 Å². The van der Waals surface area contributed by atoms with Crippen molar-refractivity contribution < 1.29 is 18.3 Å². The maximum Gasteiger partial charge on any atom is 0.255 e. The SMILES string of the molecule is COC[C@H](C)NC(=O)c1c[nH]c2ncc(-c3nn(C)c4cc(F)c(F)cc34)nc12. The van der Waals surface area contributed by atoms with E-state index in [0.29, 0.717) is 45.6 Å². The fraction of sp³-hybridized carbons (Fsp3) is 0.263. The largest absolute Gasteiger partial charge is 0.383 e. The minimum Gasteiger partial charge on any atom is -0.383 e. The van der Waals surface area contributed by atoms with Gasteiger partial charge in [-0.2, -0.15) is 5.10 Å². The molecule has 10 heteroatoms. The van der Waals surface area contributed by atoms with Gasteiger partial charge in [0.2, 0.25) is 0 Å². The Morgan fingerprint density at radius 2 is 2.10 bits per heavy atom. The number of aromatic amines is 1. The van der Waals surface area contributed by atoms with Gasteiger partial charge in [-0.25, -0.2) is 18.7 Å². The highest BCUT2D eigenvalue weighted by Gasteiger charge is 2.20. The molecule has 4 rings (SSSR count). The zero-order chi connectivity index (χ0) is 20.7. The molecular formula is C19H18F2N6O2. The van der Waals surface area contributed by atoms with Crippen LogP contribution in [0.3, 0.4) is 0 Å². The first kappa shape index (κ1) is 18.9. The minimum atomic E-state index is -0.977. The number of hydrogen-bond donors (Lipinski definition) is 2. The van der Waals surface area contributed by atoms with Crippen molar-refractivity contribution >= 4 is 28.0 Å². The molecule has 0 aliphatic heterocycles. The number of fused-ring (bicyclic) bond motifs is 2. The number of methoxy groups -OCH3 is 1. The second kappa shape index (κ2) is 7.21. The zero-order valence-electron chi connectivity index (χ0n) is 16.0. The summed E-state index contributed by atoms with van der Waals surface area (Å²) in [7, 11) is 3.18. The molecule has 0 radical (unpaired) electrons. The molecule has 1 aromatic carbocycles. The first-order valence-electron chi connectivity index (χ1n) is 8.85. The fourth-order valence-corrected chi connectivity index (χ4v) is 3.21. The van der Waals surface area contributed by atoms with Crippen LogP contribution in [0.4, 0.5) is 8.78 Å². The van der Waals surface area contributed by atoms with Crippen molar-refractivity contribution in [3.05, 3.63) is 41.7 Å². The normalized spacial score (nSPS) is 12.6. The van der Waals surface area contributed by atoms with Crippen LogP contribution in [0.5, 0.6) is 0 Å². The monoisotopic (exact) mass is 400 g/mol. The number of halogens is 2. The molecule has 1 amide bonds. The number of hydrogen-bond acceptors (Lipinski definition) is 5. The van der Waals surface area contributed by atoms with Crippen LogP contribution in [-0.2, 0) is 11.8 Å². The Hall–Kier alpha value is -3.40. The number of ether oxygens (including phenoxy) is 1. The molecule has 3 heterocycles. The van der Waals surface area contributed by atoms with Crippen LogP contribution >= 0.6 is 0 Å². The van der Waals surface area contributed by atoms with Crippen molar-refractivity contribution in [2.24, 2.45) is 7.05 Å². The Morgan fingerprint density at radius 1 is 1.34 bits per heavy atom. The second-order valence-corrected chi connectivity index (χ2v) is 6.74. The highest BCUT2D eigenvalue weighted by atomic mass is 19.2. The molecule has 8 nitrogen and oxygen atoms in total. The van der Waals surface area contributed by atoms with Gasteiger partial charge in [-0.05, 0) is 13.0 Å². The van der Waals surface area contributed by atoms with Gasteiger partial charge in [0.15, 0.2) is 17.3 Å². The van der Waals surface area contributed by atoms with Gasteiger partial charge in [0.1, 0.15) is 16.9 Å². The lowest BCUT2D eigenvalue weighted by Gasteiger charge is -2.11. The van der Waals surface area contributed by atoms with Gasteiger partial charge in [-0.15, -0.1) is 0 Å². The molecule has 0 fully saturated rings. The van der Waals surface area contributed by atoms with Crippen LogP contribution in [-0.4, -0.2) is 50.4 Å². The summed E-state index contributed by atoms with van der Waals surface area (Å²) in [6.45, 7) is 2.19. The van der Waals surface area contributed by atoms with Gasteiger partial charge < -0.3 is 15.0 Å². The Balaban J connectivity index is 1.80. The quantitative estimate of drug-likeness (QED) is 0.537. The molecule has 0 saturated carbocycles. The molecule has 3 aromatic heterocycles. The lowest BCUT2D eigenvalue weighted by Crippen LogP contribution is -2.35. The standard InChI is InChI=1S/C19H18F2N6O2/c1-9(8-29-3)24-19(28)11-6-22-18-17(11)25-14(7-23-18)16-10-4-12(20)13(21)5-15(10)27(2)26-16/h4-7,9H,8H2,1-3H3,(H,22,23)(H,24,28)/t9-/m0/s1. The van der Waals surface area contributed by atoms with Crippen LogP contribution in [0.2, 0.25) is 0 Å². The van der Waals surface area contributed by atoms with Crippen molar-refractivity contribution in [2.75, 3.05) is 13.7 Å². The summed E-state index contributed by atoms with van der Waals surface area (Å²) in [5.41, 5.74) is 2.20. The molecule has 0 aliphatic carbocycles. The Labute approximate surface area is 163 Å². The number of carbonyl (C=O) groups excluding carboxylic acids is 1. The van der Waals surface area contributed by atoms with E-state index in [4.69, 9.17) is 4.74 Å². The van der Waals surface area contributed by atoms with Gasteiger partial charge >= 0.3 is 0 Å². The third-order valence-corrected chi connectivity index (χ3v) is 4.55. The summed E-state index contributed by atoms with van der Waals surface area (Å²) in [5.74, 6) is -2.26. The molecule has 1 atom stereocenters. The van der Waals surface area contributed by atoms with Crippen LogP contribution in [0, 0.1) is 11.6 Å². The van der Waals surface area contributed by atoms with Crippen LogP contribution in [0.25, 0.3) is 33.5 Å². The van der Waals surface area contributed by atoms with Crippen molar-refractivity contribution in [3.63, 3.8) is 0 Å². The number of aryl methyl sites for hydroxylation is 1. The maximum absolute atomic E-state index is 13.8. The summed E-state index contributed by atoms with van der Waals surface area (Å²) < 4.78 is 33.9. The Morgan fingerprint density at radius 3 is 2.86 bits per heavy atom. The Bertz CT molecular complexity index is 1230. The van der Waals surface area contributed by atoms with Gasteiger partial charge in [0, 0.05) is 37.8 Å². The van der Waals surface area contributed by atoms with E-state index in [1.807, 2.05) is 6.92 Å². The number of amides is 1. The first-order valence-corrected chi connectivity index (χ1v) is 8.85. The number of carbonyl (C=O) groups is 1. The van der Waals surface area contributed by atoms with E-state index in [2.05, 4.69) is 25.4 Å². The number of nitrogens with zero attached hydrogens (tertiary/aromatic N) is 4. The summed E-state index contributed by atoms with van der Waals surface area (Å²) >= 11 is 0. The van der Waals surface area contributed by atoms with Crippen LogP contribution < -0.4 is 5.32 Å². The highest BCUT2D eigenvalue weighted by Crippen LogP contribution is 2.29. The van der Waals surface area contributed by atoms with Gasteiger partial charge in [0.05, 0.1) is 23.9 Å². The number of rotatable bonds is 5. The van der Waals surface area contributed by atoms with E-state index in [9.17, 15) is 13.6 Å². The van der Waals surface area contributed by atoms with Gasteiger partial charge in [-0.1, -0.05) is 0 Å². The molecule has 0 saturated heterocycles. The molecule has 0 spiro atoms. The van der Waals surface area contributed by atoms with Crippen LogP contribution in [0.15, 0.2) is 24.5 Å². The van der Waals surface area contributed by atoms with Crippen LogP contribution in [0.1, 0.15) is 17.3 Å². The molecule has 29 heavy (non-hydrogen) atoms. The van der Waals surface area contributed by atoms with Gasteiger partial charge in [-0.3, -0.25) is 9.48 Å². The number of aromatic nitrogens is 5. The zero-order valence-corrected chi connectivity index (χ0v) is 16.0. The second-order valence-electron chi connectivity index (χ2n) is 6.74. The predicted molar refractivity (Wildman–Crippen MR) is 102 cm³/mol. The number of nitrogens with one attached hydrogen (secondary N) is 2. The number of H-pyrrole nitrogens is 1. The van der Waals surface area contributed by atoms with E-state index < -0.39 is 11.6 Å². The van der Waals surface area contributed by atoms with Crippen molar-refractivity contribution in [1.82, 2.24) is 30.0 Å². The Kier molecular flexibility index (Phi) is 4.71. The maximum atomic E-state index is 13.8. The van der Waals surface area contributed by atoms with E-state index in [1.165, 1.54) is 17.1 Å². The molecule has 4 aromatic rings. The third-order valence-electron chi connectivity index (χ3n) is 4.55. The van der Waals surface area contributed by atoms with E-state index in [0.717, 1.165) is 12.1 Å². The topological polar surface area (TPSA) is 97.7 Å². The predicted octanol–water partition coefficient (Wildman–Crippen LogP) is 2.55. The minimum absolute atomic E-state index is 0.189. The van der Waals surface area contributed by atoms with Crippen molar-refractivity contribution in [2.45, 2.75) is 13.0 Å². The van der Waals surface area contributed by atoms with E-state index in [-0.39, 0.29) is 11.9 Å². The summed E-state index contributed by atoms with van der Waals surface area (Å²) in [6, 6.07) is 1.97. The highest BCUT2D eigenvalue weighted by molar-refractivity contribution is 6.05. The fourth-order valence-electron chi connectivity index (χ4n) is 3.21. The third kappa shape index (κ3) is 3.31. The lowest BCUT2D eigenvalue weighted by atomic mass is 10.1. The average molecular weight is 400 g/mol.